The van der Waals surface area contributed by atoms with Gasteiger partial charge in [0.05, 0.1) is 7.11 Å². The molecule has 0 bridgehead atoms. The molecule has 0 heterocycles. The van der Waals surface area contributed by atoms with Crippen LogP contribution in [0.5, 0.6) is 5.75 Å². The Kier molecular flexibility index (Phi) is 5.62. The molecule has 2 aromatic carbocycles. The topological polar surface area (TPSA) is 50.4 Å². The molecule has 0 unspecified atom stereocenters. The van der Waals surface area contributed by atoms with Crippen LogP contribution in [0.4, 0.5) is 5.69 Å². The number of rotatable bonds is 5. The molecule has 0 radical (unpaired) electrons. The lowest BCUT2D eigenvalue weighted by molar-refractivity contribution is -0.118. The molecule has 4 nitrogen and oxygen atoms in total. The Labute approximate surface area is 144 Å². The summed E-state index contributed by atoms with van der Waals surface area (Å²) in [7, 11) is 3.39. The minimum absolute atomic E-state index is 0.0939. The minimum atomic E-state index is -0.442. The van der Waals surface area contributed by atoms with Crippen molar-refractivity contribution >= 4 is 11.6 Å². The van der Waals surface area contributed by atoms with Gasteiger partial charge in [-0.15, -0.1) is 0 Å². The van der Waals surface area contributed by atoms with E-state index in [4.69, 9.17) is 4.74 Å². The minimum Gasteiger partial charge on any atom is -0.497 e. The fraction of sp³-hybridized carbons (Fsp3) is 0.350. The number of ether oxygens (including phenoxy) is 1. The van der Waals surface area contributed by atoms with Crippen LogP contribution in [0.1, 0.15) is 37.9 Å². The van der Waals surface area contributed by atoms with E-state index >= 15 is 0 Å². The van der Waals surface area contributed by atoms with E-state index < -0.39 is 6.04 Å². The Balaban J connectivity index is 2.14. The molecule has 2 N–H and O–H groups in total. The van der Waals surface area contributed by atoms with Crippen molar-refractivity contribution in [3.05, 3.63) is 59.7 Å². The van der Waals surface area contributed by atoms with Crippen LogP contribution in [0.25, 0.3) is 0 Å². The predicted molar refractivity (Wildman–Crippen MR) is 98.6 cm³/mol. The average molecular weight is 326 g/mol. The standard InChI is InChI=1S/C20H26N2O2/c1-20(2,3)15-9-11-16(12-10-15)22-19(23)18(21-4)14-7-6-8-17(13-14)24-5/h6-13,18,21H,1-5H3,(H,22,23)/t18-/m0/s1. The predicted octanol–water partition coefficient (Wildman–Crippen LogP) is 3.89. The van der Waals surface area contributed by atoms with Crippen molar-refractivity contribution < 1.29 is 9.53 Å². The number of anilines is 1. The number of carbonyl (C=O) groups is 1. The van der Waals surface area contributed by atoms with E-state index in [0.29, 0.717) is 0 Å². The van der Waals surface area contributed by atoms with Crippen molar-refractivity contribution in [2.75, 3.05) is 19.5 Å². The second kappa shape index (κ2) is 7.49. The van der Waals surface area contributed by atoms with Crippen LogP contribution in [0.15, 0.2) is 48.5 Å². The Morgan fingerprint density at radius 1 is 1.08 bits per heavy atom. The molecule has 24 heavy (non-hydrogen) atoms. The van der Waals surface area contributed by atoms with Crippen molar-refractivity contribution in [2.45, 2.75) is 32.2 Å². The summed E-state index contributed by atoms with van der Waals surface area (Å²) >= 11 is 0. The van der Waals surface area contributed by atoms with E-state index in [1.54, 1.807) is 14.2 Å². The van der Waals surface area contributed by atoms with Gasteiger partial charge in [-0.2, -0.15) is 0 Å². The lowest BCUT2D eigenvalue weighted by Crippen LogP contribution is -2.30. The molecule has 1 atom stereocenters. The third-order valence-corrected chi connectivity index (χ3v) is 4.00. The number of carbonyl (C=O) groups excluding carboxylic acids is 1. The normalized spacial score (nSPS) is 12.5. The summed E-state index contributed by atoms with van der Waals surface area (Å²) in [6.45, 7) is 6.50. The fourth-order valence-corrected chi connectivity index (χ4v) is 2.54. The van der Waals surface area contributed by atoms with E-state index in [9.17, 15) is 4.79 Å². The first-order chi connectivity index (χ1) is 11.3. The molecule has 0 aliphatic carbocycles. The van der Waals surface area contributed by atoms with Crippen molar-refractivity contribution in [1.82, 2.24) is 5.32 Å². The molecule has 1 amide bonds. The number of nitrogens with one attached hydrogen (secondary N) is 2. The largest absolute Gasteiger partial charge is 0.497 e. The average Bonchev–Trinajstić information content (AvgIpc) is 2.55. The zero-order valence-electron chi connectivity index (χ0n) is 15.0. The lowest BCUT2D eigenvalue weighted by atomic mass is 9.87. The summed E-state index contributed by atoms with van der Waals surface area (Å²) in [6.07, 6.45) is 0. The Bertz CT molecular complexity index is 688. The van der Waals surface area contributed by atoms with Gasteiger partial charge in [0.1, 0.15) is 11.8 Å². The quantitative estimate of drug-likeness (QED) is 0.876. The highest BCUT2D eigenvalue weighted by atomic mass is 16.5. The molecule has 0 aliphatic rings. The fourth-order valence-electron chi connectivity index (χ4n) is 2.54. The van der Waals surface area contributed by atoms with Crippen LogP contribution < -0.4 is 15.4 Å². The molecule has 0 spiro atoms. The lowest BCUT2D eigenvalue weighted by Gasteiger charge is -2.20. The van der Waals surface area contributed by atoms with Gasteiger partial charge in [-0.3, -0.25) is 4.79 Å². The van der Waals surface area contributed by atoms with Crippen molar-refractivity contribution in [1.29, 1.82) is 0 Å². The molecule has 0 saturated carbocycles. The zero-order valence-corrected chi connectivity index (χ0v) is 15.0. The van der Waals surface area contributed by atoms with Gasteiger partial charge in [-0.05, 0) is 47.9 Å². The van der Waals surface area contributed by atoms with Crippen LogP contribution in [-0.4, -0.2) is 20.1 Å². The second-order valence-corrected chi connectivity index (χ2v) is 6.81. The number of amides is 1. The number of hydrogen-bond donors (Lipinski definition) is 2. The highest BCUT2D eigenvalue weighted by Gasteiger charge is 2.20. The second-order valence-electron chi connectivity index (χ2n) is 6.81. The molecule has 0 saturated heterocycles. The molecule has 128 valence electrons. The van der Waals surface area contributed by atoms with E-state index in [1.807, 2.05) is 36.4 Å². The van der Waals surface area contributed by atoms with E-state index in [2.05, 4.69) is 43.5 Å². The highest BCUT2D eigenvalue weighted by molar-refractivity contribution is 5.95. The number of benzene rings is 2. The van der Waals surface area contributed by atoms with Crippen LogP contribution in [0.2, 0.25) is 0 Å². The van der Waals surface area contributed by atoms with Gasteiger partial charge < -0.3 is 15.4 Å². The summed E-state index contributed by atoms with van der Waals surface area (Å²) in [5.74, 6) is 0.629. The summed E-state index contributed by atoms with van der Waals surface area (Å²) in [5, 5.41) is 6.02. The Hall–Kier alpha value is -2.33. The zero-order chi connectivity index (χ0) is 17.7. The molecule has 0 aliphatic heterocycles. The number of methoxy groups -OCH3 is 1. The molecule has 4 heteroatoms. The van der Waals surface area contributed by atoms with Crippen molar-refractivity contribution in [2.24, 2.45) is 0 Å². The molecule has 0 fully saturated rings. The summed E-state index contributed by atoms with van der Waals surface area (Å²) in [5.41, 5.74) is 2.98. The number of hydrogen-bond acceptors (Lipinski definition) is 3. The van der Waals surface area contributed by atoms with Gasteiger partial charge in [0.25, 0.3) is 0 Å². The SMILES string of the molecule is CN[C@H](C(=O)Nc1ccc(C(C)(C)C)cc1)c1cccc(OC)c1. The van der Waals surface area contributed by atoms with Gasteiger partial charge in [0.15, 0.2) is 0 Å². The van der Waals surface area contributed by atoms with E-state index in [1.165, 1.54) is 5.56 Å². The highest BCUT2D eigenvalue weighted by Crippen LogP contribution is 2.24. The Morgan fingerprint density at radius 2 is 1.75 bits per heavy atom. The maximum atomic E-state index is 12.6. The van der Waals surface area contributed by atoms with Crippen molar-refractivity contribution in [3.8, 4) is 5.75 Å². The maximum Gasteiger partial charge on any atom is 0.246 e. The van der Waals surface area contributed by atoms with Crippen LogP contribution in [0, 0.1) is 0 Å². The van der Waals surface area contributed by atoms with Crippen molar-refractivity contribution in [3.63, 3.8) is 0 Å². The smallest absolute Gasteiger partial charge is 0.246 e. The van der Waals surface area contributed by atoms with Gasteiger partial charge in [-0.25, -0.2) is 0 Å². The molecule has 2 rings (SSSR count). The first-order valence-corrected chi connectivity index (χ1v) is 8.08. The molecular formula is C20H26N2O2. The summed E-state index contributed by atoms with van der Waals surface area (Å²) in [6, 6.07) is 15.1. The van der Waals surface area contributed by atoms with Gasteiger partial charge in [0, 0.05) is 5.69 Å². The summed E-state index contributed by atoms with van der Waals surface area (Å²) in [4.78, 5) is 12.6. The van der Waals surface area contributed by atoms with Crippen LogP contribution in [0.3, 0.4) is 0 Å². The van der Waals surface area contributed by atoms with E-state index in [-0.39, 0.29) is 11.3 Å². The molecular weight excluding hydrogens is 300 g/mol. The maximum absolute atomic E-state index is 12.6. The van der Waals surface area contributed by atoms with Gasteiger partial charge >= 0.3 is 0 Å². The van der Waals surface area contributed by atoms with Gasteiger partial charge in [0.2, 0.25) is 5.91 Å². The van der Waals surface area contributed by atoms with Crippen LogP contribution in [-0.2, 0) is 10.2 Å². The molecule has 0 aromatic heterocycles. The summed E-state index contributed by atoms with van der Waals surface area (Å²) < 4.78 is 5.23. The molecule has 2 aromatic rings. The third kappa shape index (κ3) is 4.36. The third-order valence-electron chi connectivity index (χ3n) is 4.00. The number of likely N-dealkylation sites (N-methyl/N-ethyl adjacent to an activating group) is 1. The Morgan fingerprint density at radius 3 is 2.29 bits per heavy atom. The first kappa shape index (κ1) is 18.0. The first-order valence-electron chi connectivity index (χ1n) is 8.08. The monoisotopic (exact) mass is 326 g/mol. The van der Waals surface area contributed by atoms with Gasteiger partial charge in [-0.1, -0.05) is 45.0 Å². The van der Waals surface area contributed by atoms with E-state index in [0.717, 1.165) is 17.0 Å². The van der Waals surface area contributed by atoms with Crippen LogP contribution >= 0.6 is 0 Å².